The zero-order valence-electron chi connectivity index (χ0n) is 15.0. The maximum Gasteiger partial charge on any atom is 0.404 e. The van der Waals surface area contributed by atoms with Crippen LogP contribution in [0.2, 0.25) is 0 Å². The van der Waals surface area contributed by atoms with Gasteiger partial charge in [0.15, 0.2) is 7.28 Å². The Morgan fingerprint density at radius 2 is 1.21 bits per heavy atom. The van der Waals surface area contributed by atoms with Crippen molar-refractivity contribution in [2.24, 2.45) is 0 Å². The molecule has 1 N–H and O–H groups in total. The summed E-state index contributed by atoms with van der Waals surface area (Å²) in [5.74, 6) is -1.85. The highest BCUT2D eigenvalue weighted by molar-refractivity contribution is 6.67. The lowest BCUT2D eigenvalue weighted by atomic mass is 9.63. The van der Waals surface area contributed by atoms with Crippen LogP contribution < -0.4 is 10.9 Å². The normalized spacial score (nSPS) is 15.0. The SMILES string of the molecule is BOBN1C(=O)c2ccc(Bc3ccc4c(c3)C(=O)N(BO)C4=O)cc2C1=O. The van der Waals surface area contributed by atoms with Crippen molar-refractivity contribution in [3.63, 3.8) is 0 Å². The van der Waals surface area contributed by atoms with Crippen LogP contribution in [0.5, 0.6) is 0 Å². The fourth-order valence-electron chi connectivity index (χ4n) is 3.51. The number of benzene rings is 2. The van der Waals surface area contributed by atoms with E-state index in [1.54, 1.807) is 36.4 Å². The van der Waals surface area contributed by atoms with E-state index in [4.69, 9.17) is 4.57 Å². The predicted octanol–water partition coefficient (Wildman–Crippen LogP) is -3.64. The molecule has 4 rings (SSSR count). The molecule has 8 nitrogen and oxygen atoms in total. The standard InChI is InChI=1S/C16H12B4N2O6/c17-28-20-22-14(24)10-4-2-8(6-12(10)16(22)26)18-7-1-3-9-11(5-7)15(25)21(19-27)13(9)23/h1-6,18-20,27H,17H2. The van der Waals surface area contributed by atoms with Gasteiger partial charge in [0, 0.05) is 0 Å². The summed E-state index contributed by atoms with van der Waals surface area (Å²) in [6.07, 6.45) is 0. The molecule has 134 valence electrons. The molecule has 0 aliphatic carbocycles. The van der Waals surface area contributed by atoms with Gasteiger partial charge in [-0.15, -0.1) is 0 Å². The van der Waals surface area contributed by atoms with Gasteiger partial charge in [-0.1, -0.05) is 35.2 Å². The summed E-state index contributed by atoms with van der Waals surface area (Å²) in [5, 5.41) is 9.19. The van der Waals surface area contributed by atoms with E-state index in [0.717, 1.165) is 20.5 Å². The maximum absolute atomic E-state index is 12.4. The molecule has 0 spiro atoms. The highest BCUT2D eigenvalue weighted by Crippen LogP contribution is 2.22. The fraction of sp³-hybridized carbons (Fsp3) is 0. The molecule has 0 saturated heterocycles. The number of nitrogens with zero attached hydrogens (tertiary/aromatic N) is 2. The van der Waals surface area contributed by atoms with E-state index in [2.05, 4.69) is 0 Å². The molecule has 0 saturated carbocycles. The van der Waals surface area contributed by atoms with E-state index in [1.165, 1.54) is 8.05 Å². The Morgan fingerprint density at radius 1 is 0.750 bits per heavy atom. The molecule has 0 unspecified atom stereocenters. The number of carbonyl (C=O) groups excluding carboxylic acids is 4. The highest BCUT2D eigenvalue weighted by atomic mass is 16.4. The second-order valence-corrected chi connectivity index (χ2v) is 6.57. The van der Waals surface area contributed by atoms with Crippen LogP contribution in [-0.2, 0) is 4.57 Å². The smallest absolute Gasteiger partial charge is 0.404 e. The van der Waals surface area contributed by atoms with Crippen molar-refractivity contribution in [3.8, 4) is 0 Å². The van der Waals surface area contributed by atoms with E-state index in [0.29, 0.717) is 18.4 Å². The van der Waals surface area contributed by atoms with Gasteiger partial charge in [0.2, 0.25) is 8.05 Å². The summed E-state index contributed by atoms with van der Waals surface area (Å²) in [4.78, 5) is 50.8. The zero-order chi connectivity index (χ0) is 20.0. The Hall–Kier alpha value is -3.10. The van der Waals surface area contributed by atoms with Crippen molar-refractivity contribution in [2.45, 2.75) is 0 Å². The van der Waals surface area contributed by atoms with Crippen LogP contribution in [0, 0.1) is 0 Å². The van der Waals surface area contributed by atoms with E-state index < -0.39 is 25.3 Å². The van der Waals surface area contributed by atoms with Crippen molar-refractivity contribution >= 4 is 65.1 Å². The van der Waals surface area contributed by atoms with Gasteiger partial charge < -0.3 is 9.60 Å². The average molecular weight is 372 g/mol. The molecule has 0 bridgehead atoms. The molecule has 0 atom stereocenters. The Labute approximate surface area is 162 Å². The number of carbonyl (C=O) groups is 4. The monoisotopic (exact) mass is 372 g/mol. The van der Waals surface area contributed by atoms with E-state index in [9.17, 15) is 24.2 Å². The molecule has 2 aliphatic rings. The lowest BCUT2D eigenvalue weighted by Crippen LogP contribution is -2.34. The third-order valence-electron chi connectivity index (χ3n) is 4.88. The number of fused-ring (bicyclic) bond motifs is 2. The first kappa shape index (κ1) is 18.3. The molecule has 2 aliphatic heterocycles. The van der Waals surface area contributed by atoms with Crippen LogP contribution in [-0.4, -0.2) is 68.8 Å². The van der Waals surface area contributed by atoms with Gasteiger partial charge in [-0.25, -0.2) is 0 Å². The highest BCUT2D eigenvalue weighted by Gasteiger charge is 2.37. The fourth-order valence-corrected chi connectivity index (χ4v) is 3.51. The van der Waals surface area contributed by atoms with Crippen molar-refractivity contribution in [2.75, 3.05) is 0 Å². The quantitative estimate of drug-likeness (QED) is 0.429. The lowest BCUT2D eigenvalue weighted by molar-refractivity contribution is 0.0733. The Bertz CT molecular complexity index is 1060. The largest absolute Gasteiger partial charge is 0.488 e. The van der Waals surface area contributed by atoms with Gasteiger partial charge >= 0.3 is 15.2 Å². The van der Waals surface area contributed by atoms with Gasteiger partial charge in [0.1, 0.15) is 0 Å². The summed E-state index contributed by atoms with van der Waals surface area (Å²) in [6, 6.07) is 9.91. The molecule has 4 amide bonds. The molecule has 2 aromatic rings. The van der Waals surface area contributed by atoms with Crippen molar-refractivity contribution in [3.05, 3.63) is 58.7 Å². The summed E-state index contributed by atoms with van der Waals surface area (Å²) < 4.78 is 4.91. The Kier molecular flexibility index (Phi) is 4.44. The number of imide groups is 2. The lowest BCUT2D eigenvalue weighted by Gasteiger charge is -2.09. The van der Waals surface area contributed by atoms with E-state index in [1.807, 2.05) is 0 Å². The molecule has 12 heteroatoms. The molecule has 2 heterocycles. The third-order valence-corrected chi connectivity index (χ3v) is 4.88. The number of rotatable bonds is 5. The van der Waals surface area contributed by atoms with Crippen LogP contribution in [0.4, 0.5) is 0 Å². The zero-order valence-corrected chi connectivity index (χ0v) is 15.0. The summed E-state index contributed by atoms with van der Waals surface area (Å²) in [5.41, 5.74) is 2.71. The molecule has 0 fully saturated rings. The number of amides is 4. The number of hydrogen-bond acceptors (Lipinski definition) is 6. The summed E-state index contributed by atoms with van der Waals surface area (Å²) in [7, 11) is 1.05. The second kappa shape index (κ2) is 6.81. The van der Waals surface area contributed by atoms with Gasteiger partial charge in [-0.3, -0.25) is 28.8 Å². The first-order valence-electron chi connectivity index (χ1n) is 8.54. The van der Waals surface area contributed by atoms with Crippen LogP contribution in [0.3, 0.4) is 0 Å². The molecular formula is C16H12B4N2O6. The van der Waals surface area contributed by atoms with Crippen molar-refractivity contribution < 1.29 is 28.8 Å². The first-order chi connectivity index (χ1) is 13.5. The third kappa shape index (κ3) is 2.69. The second-order valence-electron chi connectivity index (χ2n) is 6.57. The average Bonchev–Trinajstić information content (AvgIpc) is 3.07. The Balaban J connectivity index is 1.62. The summed E-state index contributed by atoms with van der Waals surface area (Å²) >= 11 is 0. The first-order valence-corrected chi connectivity index (χ1v) is 8.54. The van der Waals surface area contributed by atoms with Gasteiger partial charge in [-0.05, 0) is 12.1 Å². The molecule has 0 radical (unpaired) electrons. The summed E-state index contributed by atoms with van der Waals surface area (Å²) in [6.45, 7) is 0. The number of hydrogen-bond donors (Lipinski definition) is 1. The minimum absolute atomic E-state index is 0.107. The van der Waals surface area contributed by atoms with Crippen molar-refractivity contribution in [1.29, 1.82) is 0 Å². The van der Waals surface area contributed by atoms with E-state index >= 15 is 0 Å². The van der Waals surface area contributed by atoms with Crippen LogP contribution in [0.15, 0.2) is 36.4 Å². The van der Waals surface area contributed by atoms with Gasteiger partial charge in [-0.2, -0.15) is 0 Å². The van der Waals surface area contributed by atoms with Crippen LogP contribution in [0.1, 0.15) is 41.4 Å². The van der Waals surface area contributed by atoms with E-state index in [-0.39, 0.29) is 24.7 Å². The van der Waals surface area contributed by atoms with Gasteiger partial charge in [0.25, 0.3) is 23.6 Å². The predicted molar refractivity (Wildman–Crippen MR) is 106 cm³/mol. The topological polar surface area (TPSA) is 104 Å². The Morgan fingerprint density at radius 3 is 1.71 bits per heavy atom. The van der Waals surface area contributed by atoms with Crippen LogP contribution >= 0.6 is 0 Å². The molecule has 28 heavy (non-hydrogen) atoms. The molecule has 2 aromatic carbocycles. The molecular weight excluding hydrogens is 359 g/mol. The minimum atomic E-state index is -0.666. The minimum Gasteiger partial charge on any atom is -0.488 e. The van der Waals surface area contributed by atoms with Crippen LogP contribution in [0.25, 0.3) is 0 Å². The van der Waals surface area contributed by atoms with Crippen molar-refractivity contribution in [1.82, 2.24) is 9.62 Å². The van der Waals surface area contributed by atoms with Gasteiger partial charge in [0.05, 0.1) is 22.3 Å². The molecule has 0 aromatic heterocycles. The maximum atomic E-state index is 12.4.